The van der Waals surface area contributed by atoms with Crippen molar-refractivity contribution in [2.45, 2.75) is 57.1 Å². The molecular weight excluding hydrogens is 280 g/mol. The average Bonchev–Trinajstić information content (AvgIpc) is 2.44. The fraction of sp³-hybridized carbons (Fsp3) is 0.750. The number of aromatic nitrogens is 2. The van der Waals surface area contributed by atoms with Gasteiger partial charge in [0.05, 0.1) is 0 Å². The van der Waals surface area contributed by atoms with E-state index in [9.17, 15) is 0 Å². The van der Waals surface area contributed by atoms with Gasteiger partial charge >= 0.3 is 0 Å². The monoisotopic (exact) mass is 308 g/mol. The summed E-state index contributed by atoms with van der Waals surface area (Å²) < 4.78 is 0.417. The number of rotatable bonds is 8. The predicted molar refractivity (Wildman–Crippen MR) is 93.5 cm³/mol. The fourth-order valence-electron chi connectivity index (χ4n) is 2.43. The Hall–Kier alpha value is -0.970. The lowest BCUT2D eigenvalue weighted by molar-refractivity contribution is 0.379. The molecule has 1 aliphatic rings. The smallest absolute Gasteiger partial charge is 0.135 e. The molecule has 1 heterocycles. The van der Waals surface area contributed by atoms with Crippen molar-refractivity contribution < 1.29 is 0 Å². The molecule has 1 aromatic rings. The number of hydrogen-bond donors (Lipinski definition) is 2. The first-order chi connectivity index (χ1) is 10.1. The molecule has 0 unspecified atom stereocenters. The van der Waals surface area contributed by atoms with Gasteiger partial charge in [-0.15, -0.1) is 0 Å². The molecule has 0 bridgehead atoms. The molecule has 1 aliphatic carbocycles. The van der Waals surface area contributed by atoms with Crippen molar-refractivity contribution >= 4 is 23.4 Å². The normalized spacial score (nSPS) is 16.6. The standard InChI is InChI=1S/C16H28N4S/c1-5-9-17-13-10-14(20-15(19-13)12(2)3)18-11-16(21-4)7-6-8-16/h10,12H,5-9,11H2,1-4H3,(H2,17,18,19,20). The lowest BCUT2D eigenvalue weighted by Gasteiger charge is -2.40. The zero-order valence-corrected chi connectivity index (χ0v) is 14.5. The molecule has 21 heavy (non-hydrogen) atoms. The molecule has 1 fully saturated rings. The Balaban J connectivity index is 2.07. The van der Waals surface area contributed by atoms with E-state index in [0.29, 0.717) is 10.7 Å². The highest BCUT2D eigenvalue weighted by Crippen LogP contribution is 2.42. The van der Waals surface area contributed by atoms with Gasteiger partial charge in [0, 0.05) is 29.8 Å². The van der Waals surface area contributed by atoms with Crippen LogP contribution in [0.25, 0.3) is 0 Å². The summed E-state index contributed by atoms with van der Waals surface area (Å²) >= 11 is 1.99. The number of thioether (sulfide) groups is 1. The van der Waals surface area contributed by atoms with Gasteiger partial charge in [-0.3, -0.25) is 0 Å². The first kappa shape index (κ1) is 16.4. The third-order valence-corrected chi connectivity index (χ3v) is 5.52. The average molecular weight is 308 g/mol. The van der Waals surface area contributed by atoms with Gasteiger partial charge in [0.15, 0.2) is 0 Å². The molecule has 0 spiro atoms. The zero-order chi connectivity index (χ0) is 15.3. The second-order valence-corrected chi connectivity index (χ2v) is 7.45. The highest BCUT2D eigenvalue weighted by molar-refractivity contribution is 8.00. The number of hydrogen-bond acceptors (Lipinski definition) is 5. The van der Waals surface area contributed by atoms with Gasteiger partial charge in [-0.05, 0) is 25.5 Å². The summed E-state index contributed by atoms with van der Waals surface area (Å²) in [5, 5.41) is 6.91. The minimum absolute atomic E-state index is 0.340. The molecule has 0 amide bonds. The van der Waals surface area contributed by atoms with Crippen LogP contribution in [-0.2, 0) is 0 Å². The molecule has 2 rings (SSSR count). The largest absolute Gasteiger partial charge is 0.370 e. The minimum Gasteiger partial charge on any atom is -0.370 e. The van der Waals surface area contributed by atoms with Gasteiger partial charge in [-0.2, -0.15) is 11.8 Å². The van der Waals surface area contributed by atoms with Gasteiger partial charge in [-0.1, -0.05) is 27.2 Å². The van der Waals surface area contributed by atoms with Gasteiger partial charge in [-0.25, -0.2) is 9.97 Å². The Morgan fingerprint density at radius 1 is 1.24 bits per heavy atom. The lowest BCUT2D eigenvalue weighted by atomic mass is 9.84. The third-order valence-electron chi connectivity index (χ3n) is 4.11. The van der Waals surface area contributed by atoms with E-state index in [4.69, 9.17) is 0 Å². The van der Waals surface area contributed by atoms with E-state index >= 15 is 0 Å². The van der Waals surface area contributed by atoms with Crippen molar-refractivity contribution in [3.63, 3.8) is 0 Å². The summed E-state index contributed by atoms with van der Waals surface area (Å²) in [6.45, 7) is 8.38. The van der Waals surface area contributed by atoms with Crippen molar-refractivity contribution in [2.24, 2.45) is 0 Å². The maximum Gasteiger partial charge on any atom is 0.135 e. The van der Waals surface area contributed by atoms with Crippen LogP contribution < -0.4 is 10.6 Å². The molecule has 118 valence electrons. The fourth-order valence-corrected chi connectivity index (χ4v) is 3.35. The molecule has 1 saturated carbocycles. The van der Waals surface area contributed by atoms with Gasteiger partial charge in [0.1, 0.15) is 17.5 Å². The zero-order valence-electron chi connectivity index (χ0n) is 13.7. The van der Waals surface area contributed by atoms with Crippen LogP contribution in [0.3, 0.4) is 0 Å². The van der Waals surface area contributed by atoms with Crippen LogP contribution in [0.2, 0.25) is 0 Å². The van der Waals surface area contributed by atoms with Gasteiger partial charge < -0.3 is 10.6 Å². The van der Waals surface area contributed by atoms with Gasteiger partial charge in [0.25, 0.3) is 0 Å². The van der Waals surface area contributed by atoms with Crippen molar-refractivity contribution in [1.82, 2.24) is 9.97 Å². The number of anilines is 2. The van der Waals surface area contributed by atoms with Crippen LogP contribution in [0.4, 0.5) is 11.6 Å². The molecule has 1 aromatic heterocycles. The van der Waals surface area contributed by atoms with E-state index in [2.05, 4.69) is 47.6 Å². The molecule has 0 aliphatic heterocycles. The van der Waals surface area contributed by atoms with E-state index in [1.807, 2.05) is 17.8 Å². The predicted octanol–water partition coefficient (Wildman–Crippen LogP) is 4.12. The Morgan fingerprint density at radius 3 is 2.38 bits per heavy atom. The Labute approximate surface area is 132 Å². The highest BCUT2D eigenvalue weighted by atomic mass is 32.2. The van der Waals surface area contributed by atoms with Crippen LogP contribution in [0.1, 0.15) is 58.2 Å². The molecule has 0 saturated heterocycles. The molecular formula is C16H28N4S. The SMILES string of the molecule is CCCNc1cc(NCC2(SC)CCC2)nc(C(C)C)n1. The van der Waals surface area contributed by atoms with E-state index in [1.54, 1.807) is 0 Å². The molecule has 0 radical (unpaired) electrons. The summed E-state index contributed by atoms with van der Waals surface area (Å²) in [5.41, 5.74) is 0. The Morgan fingerprint density at radius 2 is 1.90 bits per heavy atom. The molecule has 0 aromatic carbocycles. The van der Waals surface area contributed by atoms with Crippen molar-refractivity contribution in [1.29, 1.82) is 0 Å². The molecule has 2 N–H and O–H groups in total. The molecule has 4 nitrogen and oxygen atoms in total. The first-order valence-corrected chi connectivity index (χ1v) is 9.23. The lowest BCUT2D eigenvalue weighted by Crippen LogP contribution is -2.40. The van der Waals surface area contributed by atoms with Gasteiger partial charge in [0.2, 0.25) is 0 Å². The van der Waals surface area contributed by atoms with E-state index < -0.39 is 0 Å². The summed E-state index contributed by atoms with van der Waals surface area (Å²) in [7, 11) is 0. The van der Waals surface area contributed by atoms with Crippen molar-refractivity contribution in [2.75, 3.05) is 30.0 Å². The minimum atomic E-state index is 0.340. The second kappa shape index (κ2) is 7.34. The molecule has 0 atom stereocenters. The number of nitrogens with zero attached hydrogens (tertiary/aromatic N) is 2. The van der Waals surface area contributed by atoms with Crippen LogP contribution in [0.15, 0.2) is 6.07 Å². The number of nitrogens with one attached hydrogen (secondary N) is 2. The summed E-state index contributed by atoms with van der Waals surface area (Å²) in [6, 6.07) is 2.04. The van der Waals surface area contributed by atoms with Crippen molar-refractivity contribution in [3.8, 4) is 0 Å². The third kappa shape index (κ3) is 4.25. The van der Waals surface area contributed by atoms with Crippen LogP contribution in [0.5, 0.6) is 0 Å². The topological polar surface area (TPSA) is 49.8 Å². The quantitative estimate of drug-likeness (QED) is 0.756. The first-order valence-electron chi connectivity index (χ1n) is 8.00. The van der Waals surface area contributed by atoms with E-state index in [-0.39, 0.29) is 0 Å². The van der Waals surface area contributed by atoms with E-state index in [1.165, 1.54) is 19.3 Å². The van der Waals surface area contributed by atoms with Crippen molar-refractivity contribution in [3.05, 3.63) is 11.9 Å². The highest BCUT2D eigenvalue weighted by Gasteiger charge is 2.35. The summed E-state index contributed by atoms with van der Waals surface area (Å²) in [5.74, 6) is 3.13. The maximum atomic E-state index is 4.67. The maximum absolute atomic E-state index is 4.67. The Kier molecular flexibility index (Phi) is 5.73. The van der Waals surface area contributed by atoms with Crippen LogP contribution >= 0.6 is 11.8 Å². The van der Waals surface area contributed by atoms with Crippen LogP contribution in [-0.4, -0.2) is 34.1 Å². The summed E-state index contributed by atoms with van der Waals surface area (Å²) in [6.07, 6.45) is 7.29. The van der Waals surface area contributed by atoms with Crippen LogP contribution in [0, 0.1) is 0 Å². The second-order valence-electron chi connectivity index (χ2n) is 6.17. The summed E-state index contributed by atoms with van der Waals surface area (Å²) in [4.78, 5) is 9.27. The Bertz CT molecular complexity index is 452. The molecule has 5 heteroatoms. The van der Waals surface area contributed by atoms with E-state index in [0.717, 1.165) is 37.0 Å².